The van der Waals surface area contributed by atoms with Crippen molar-refractivity contribution in [3.05, 3.63) is 65.2 Å². The first-order chi connectivity index (χ1) is 9.20. The summed E-state index contributed by atoms with van der Waals surface area (Å²) in [4.78, 5) is 11.8. The van der Waals surface area contributed by atoms with E-state index in [1.54, 1.807) is 36.4 Å². The summed E-state index contributed by atoms with van der Waals surface area (Å²) < 4.78 is 5.11. The molecule has 4 heteroatoms. The summed E-state index contributed by atoms with van der Waals surface area (Å²) in [7, 11) is 0. The highest BCUT2D eigenvalue weighted by atomic mass is 16.5. The number of carbonyl (C=O) groups is 1. The molecule has 0 unspecified atom stereocenters. The lowest BCUT2D eigenvalue weighted by Gasteiger charge is -2.06. The zero-order chi connectivity index (χ0) is 13.7. The molecule has 2 aromatic carbocycles. The molecule has 4 nitrogen and oxygen atoms in total. The number of benzene rings is 2. The topological polar surface area (TPSA) is 70.3 Å². The van der Waals surface area contributed by atoms with E-state index in [0.29, 0.717) is 11.1 Å². The highest BCUT2D eigenvalue weighted by Crippen LogP contribution is 2.14. The smallest absolute Gasteiger partial charge is 0.338 e. The van der Waals surface area contributed by atoms with Crippen LogP contribution in [0.1, 0.15) is 21.5 Å². The minimum absolute atomic E-state index is 0.00637. The van der Waals surface area contributed by atoms with Crippen LogP contribution in [0.2, 0.25) is 0 Å². The van der Waals surface area contributed by atoms with Gasteiger partial charge in [-0.15, -0.1) is 0 Å². The Kier molecular flexibility index (Phi) is 3.79. The average Bonchev–Trinajstić information content (AvgIpc) is 2.45. The number of nitrogens with zero attached hydrogens (tertiary/aromatic N) is 1. The van der Waals surface area contributed by atoms with E-state index >= 15 is 0 Å². The number of hydrogen-bond donors (Lipinski definition) is 1. The fraction of sp³-hybridized carbons (Fsp3) is 0.0667. The maximum Gasteiger partial charge on any atom is 0.338 e. The first-order valence-electron chi connectivity index (χ1n) is 5.65. The predicted octanol–water partition coefficient (Wildman–Crippen LogP) is 2.62. The van der Waals surface area contributed by atoms with Crippen LogP contribution in [-0.4, -0.2) is 11.1 Å². The van der Waals surface area contributed by atoms with Gasteiger partial charge in [-0.25, -0.2) is 4.79 Å². The lowest BCUT2D eigenvalue weighted by Crippen LogP contribution is -2.05. The van der Waals surface area contributed by atoms with Crippen LogP contribution in [0.4, 0.5) is 0 Å². The van der Waals surface area contributed by atoms with E-state index in [2.05, 4.69) is 0 Å². The van der Waals surface area contributed by atoms with Gasteiger partial charge < -0.3 is 9.84 Å². The fourth-order valence-corrected chi connectivity index (χ4v) is 1.61. The van der Waals surface area contributed by atoms with Gasteiger partial charge in [0.05, 0.1) is 17.2 Å². The van der Waals surface area contributed by atoms with Gasteiger partial charge in [0.25, 0.3) is 0 Å². The molecule has 0 atom stereocenters. The number of rotatable bonds is 3. The van der Waals surface area contributed by atoms with Crippen molar-refractivity contribution in [2.75, 3.05) is 0 Å². The van der Waals surface area contributed by atoms with Gasteiger partial charge in [-0.3, -0.25) is 0 Å². The van der Waals surface area contributed by atoms with Crippen molar-refractivity contribution in [3.63, 3.8) is 0 Å². The normalized spacial score (nSPS) is 9.63. The summed E-state index contributed by atoms with van der Waals surface area (Å²) in [5, 5.41) is 18.2. The van der Waals surface area contributed by atoms with Gasteiger partial charge in [0.15, 0.2) is 0 Å². The molecule has 0 fully saturated rings. The van der Waals surface area contributed by atoms with Gasteiger partial charge in [0.1, 0.15) is 12.4 Å². The Morgan fingerprint density at radius 1 is 1.21 bits per heavy atom. The van der Waals surface area contributed by atoms with Gasteiger partial charge in [-0.2, -0.15) is 5.26 Å². The quantitative estimate of drug-likeness (QED) is 0.853. The number of ether oxygens (including phenoxy) is 1. The van der Waals surface area contributed by atoms with Crippen molar-refractivity contribution in [3.8, 4) is 11.8 Å². The van der Waals surface area contributed by atoms with Crippen LogP contribution < -0.4 is 0 Å². The lowest BCUT2D eigenvalue weighted by atomic mass is 10.1. The van der Waals surface area contributed by atoms with E-state index in [0.717, 1.165) is 0 Å². The highest BCUT2D eigenvalue weighted by molar-refractivity contribution is 5.89. The number of nitriles is 1. The fourth-order valence-electron chi connectivity index (χ4n) is 1.61. The Morgan fingerprint density at radius 2 is 2.00 bits per heavy atom. The van der Waals surface area contributed by atoms with Gasteiger partial charge in [0.2, 0.25) is 0 Å². The first-order valence-corrected chi connectivity index (χ1v) is 5.65. The second-order valence-electron chi connectivity index (χ2n) is 3.90. The molecule has 0 aliphatic rings. The summed E-state index contributed by atoms with van der Waals surface area (Å²) >= 11 is 0. The molecule has 19 heavy (non-hydrogen) atoms. The van der Waals surface area contributed by atoms with Crippen LogP contribution in [-0.2, 0) is 11.3 Å². The maximum absolute atomic E-state index is 11.8. The van der Waals surface area contributed by atoms with Crippen LogP contribution >= 0.6 is 0 Å². The number of esters is 1. The summed E-state index contributed by atoms with van der Waals surface area (Å²) in [6.45, 7) is 0.0260. The zero-order valence-corrected chi connectivity index (χ0v) is 10.0. The average molecular weight is 253 g/mol. The molecule has 1 N–H and O–H groups in total. The molecule has 2 rings (SSSR count). The third-order valence-corrected chi connectivity index (χ3v) is 2.58. The van der Waals surface area contributed by atoms with E-state index in [4.69, 9.17) is 10.00 Å². The molecule has 0 aromatic heterocycles. The number of aromatic hydroxyl groups is 1. The molecule has 0 saturated heterocycles. The third kappa shape index (κ3) is 3.11. The van der Waals surface area contributed by atoms with Crippen molar-refractivity contribution in [2.45, 2.75) is 6.61 Å². The number of hydrogen-bond acceptors (Lipinski definition) is 4. The second-order valence-corrected chi connectivity index (χ2v) is 3.90. The molecule has 0 aliphatic heterocycles. The largest absolute Gasteiger partial charge is 0.508 e. The molecular weight excluding hydrogens is 242 g/mol. The van der Waals surface area contributed by atoms with Gasteiger partial charge in [-0.1, -0.05) is 24.3 Å². The Morgan fingerprint density at radius 3 is 2.74 bits per heavy atom. The van der Waals surface area contributed by atoms with Crippen LogP contribution in [0, 0.1) is 11.3 Å². The Bertz CT molecular complexity index is 644. The van der Waals surface area contributed by atoms with E-state index in [1.807, 2.05) is 6.07 Å². The van der Waals surface area contributed by atoms with Crippen LogP contribution in [0.3, 0.4) is 0 Å². The highest BCUT2D eigenvalue weighted by Gasteiger charge is 2.09. The van der Waals surface area contributed by atoms with Crippen molar-refractivity contribution in [2.24, 2.45) is 0 Å². The minimum Gasteiger partial charge on any atom is -0.508 e. The minimum atomic E-state index is -0.538. The zero-order valence-electron chi connectivity index (χ0n) is 10.0. The van der Waals surface area contributed by atoms with Crippen molar-refractivity contribution in [1.29, 1.82) is 5.26 Å². The van der Waals surface area contributed by atoms with Crippen molar-refractivity contribution < 1.29 is 14.6 Å². The van der Waals surface area contributed by atoms with E-state index < -0.39 is 5.97 Å². The molecule has 0 spiro atoms. The van der Waals surface area contributed by atoms with Gasteiger partial charge in [-0.05, 0) is 24.3 Å². The molecule has 0 amide bonds. The molecule has 94 valence electrons. The standard InChI is InChI=1S/C15H11NO3/c16-9-12-4-1-2-5-13(12)10-19-15(18)11-6-3-7-14(17)8-11/h1-8,17H,10H2. The lowest BCUT2D eigenvalue weighted by molar-refractivity contribution is 0.0472. The van der Waals surface area contributed by atoms with Crippen LogP contribution in [0.25, 0.3) is 0 Å². The summed E-state index contributed by atoms with van der Waals surface area (Å²) in [6, 6.07) is 14.9. The van der Waals surface area contributed by atoms with Crippen LogP contribution in [0.5, 0.6) is 5.75 Å². The van der Waals surface area contributed by atoms with E-state index in [-0.39, 0.29) is 17.9 Å². The Labute approximate surface area is 110 Å². The first kappa shape index (κ1) is 12.7. The maximum atomic E-state index is 11.8. The van der Waals surface area contributed by atoms with Gasteiger partial charge >= 0.3 is 5.97 Å². The van der Waals surface area contributed by atoms with Gasteiger partial charge in [0, 0.05) is 5.56 Å². The molecule has 0 saturated carbocycles. The molecule has 2 aromatic rings. The number of carbonyl (C=O) groups excluding carboxylic acids is 1. The monoisotopic (exact) mass is 253 g/mol. The molecular formula is C15H11NO3. The second kappa shape index (κ2) is 5.69. The molecule has 0 aliphatic carbocycles. The van der Waals surface area contributed by atoms with Crippen LogP contribution in [0.15, 0.2) is 48.5 Å². The summed E-state index contributed by atoms with van der Waals surface area (Å²) in [5.41, 5.74) is 1.40. The Balaban J connectivity index is 2.07. The predicted molar refractivity (Wildman–Crippen MR) is 68.4 cm³/mol. The number of phenols is 1. The molecule has 0 bridgehead atoms. The molecule has 0 radical (unpaired) electrons. The summed E-state index contributed by atoms with van der Waals surface area (Å²) in [5.74, 6) is -0.532. The third-order valence-electron chi connectivity index (χ3n) is 2.58. The number of phenolic OH excluding ortho intramolecular Hbond substituents is 1. The van der Waals surface area contributed by atoms with E-state index in [1.165, 1.54) is 12.1 Å². The van der Waals surface area contributed by atoms with Crippen molar-refractivity contribution in [1.82, 2.24) is 0 Å². The van der Waals surface area contributed by atoms with Crippen molar-refractivity contribution >= 4 is 5.97 Å². The molecule has 0 heterocycles. The summed E-state index contributed by atoms with van der Waals surface area (Å²) in [6.07, 6.45) is 0. The van der Waals surface area contributed by atoms with E-state index in [9.17, 15) is 9.90 Å². The SMILES string of the molecule is N#Cc1ccccc1COC(=O)c1cccc(O)c1. The Hall–Kier alpha value is -2.80.